The molecule has 29 heavy (non-hydrogen) atoms. The van der Waals surface area contributed by atoms with Gasteiger partial charge in [-0.05, 0) is 44.7 Å². The van der Waals surface area contributed by atoms with Gasteiger partial charge in [-0.2, -0.15) is 0 Å². The monoisotopic (exact) mass is 400 g/mol. The lowest BCUT2D eigenvalue weighted by atomic mass is 10.1. The molecule has 2 aliphatic heterocycles. The van der Waals surface area contributed by atoms with Gasteiger partial charge in [0.15, 0.2) is 0 Å². The topological polar surface area (TPSA) is 55.9 Å². The third-order valence-electron chi connectivity index (χ3n) is 6.34. The molecule has 2 saturated heterocycles. The molecule has 6 heteroatoms. The lowest BCUT2D eigenvalue weighted by Gasteiger charge is -2.38. The van der Waals surface area contributed by atoms with Crippen LogP contribution in [0.25, 0.3) is 0 Å². The summed E-state index contributed by atoms with van der Waals surface area (Å²) >= 11 is 0. The molecule has 0 spiro atoms. The second-order valence-electron chi connectivity index (χ2n) is 8.54. The summed E-state index contributed by atoms with van der Waals surface area (Å²) in [6, 6.07) is 5.97. The van der Waals surface area contributed by atoms with Gasteiger partial charge in [-0.3, -0.25) is 19.4 Å². The van der Waals surface area contributed by atoms with Gasteiger partial charge < -0.3 is 10.2 Å². The van der Waals surface area contributed by atoms with Crippen molar-refractivity contribution in [1.82, 2.24) is 14.7 Å². The molecule has 1 aromatic rings. The predicted octanol–water partition coefficient (Wildman–Crippen LogP) is 2.65. The normalized spacial score (nSPS) is 20.2. The van der Waals surface area contributed by atoms with E-state index < -0.39 is 0 Å². The van der Waals surface area contributed by atoms with Crippen LogP contribution in [0.3, 0.4) is 0 Å². The molecule has 0 aliphatic carbocycles. The number of hydrogen-bond donors (Lipinski definition) is 1. The minimum absolute atomic E-state index is 0.0320. The van der Waals surface area contributed by atoms with Gasteiger partial charge in [0.25, 0.3) is 0 Å². The number of benzene rings is 1. The highest BCUT2D eigenvalue weighted by molar-refractivity contribution is 5.93. The molecule has 1 aromatic carbocycles. The van der Waals surface area contributed by atoms with E-state index in [4.69, 9.17) is 0 Å². The zero-order chi connectivity index (χ0) is 20.8. The highest BCUT2D eigenvalue weighted by Crippen LogP contribution is 2.19. The van der Waals surface area contributed by atoms with Gasteiger partial charge in [-0.25, -0.2) is 0 Å². The van der Waals surface area contributed by atoms with Crippen molar-refractivity contribution in [3.63, 3.8) is 0 Å². The van der Waals surface area contributed by atoms with E-state index in [-0.39, 0.29) is 17.9 Å². The van der Waals surface area contributed by atoms with Crippen molar-refractivity contribution < 1.29 is 9.59 Å². The van der Waals surface area contributed by atoms with Crippen LogP contribution in [0.1, 0.15) is 43.7 Å². The van der Waals surface area contributed by atoms with E-state index in [9.17, 15) is 9.59 Å². The molecule has 2 fully saturated rings. The summed E-state index contributed by atoms with van der Waals surface area (Å²) in [6.07, 6.45) is 4.73. The molecule has 0 saturated carbocycles. The number of anilines is 1. The molecule has 1 unspecified atom stereocenters. The zero-order valence-corrected chi connectivity index (χ0v) is 18.2. The van der Waals surface area contributed by atoms with Crippen molar-refractivity contribution in [2.75, 3.05) is 51.1 Å². The van der Waals surface area contributed by atoms with Crippen LogP contribution < -0.4 is 5.32 Å². The number of aryl methyl sites for hydroxylation is 2. The third kappa shape index (κ3) is 5.80. The zero-order valence-electron chi connectivity index (χ0n) is 18.2. The number of hydrogen-bond acceptors (Lipinski definition) is 4. The van der Waals surface area contributed by atoms with Crippen molar-refractivity contribution in [1.29, 1.82) is 0 Å². The third-order valence-corrected chi connectivity index (χ3v) is 6.34. The first kappa shape index (κ1) is 21.8. The fourth-order valence-corrected chi connectivity index (χ4v) is 4.41. The molecular formula is C23H36N4O2. The molecule has 2 heterocycles. The molecular weight excluding hydrogens is 364 g/mol. The molecule has 160 valence electrons. The van der Waals surface area contributed by atoms with Crippen LogP contribution in [0.2, 0.25) is 0 Å². The van der Waals surface area contributed by atoms with Gasteiger partial charge in [0.05, 0.1) is 12.6 Å². The maximum atomic E-state index is 12.9. The summed E-state index contributed by atoms with van der Waals surface area (Å²) in [6.45, 7) is 11.6. The summed E-state index contributed by atoms with van der Waals surface area (Å²) in [5.41, 5.74) is 3.10. The largest absolute Gasteiger partial charge is 0.341 e. The van der Waals surface area contributed by atoms with Crippen LogP contribution in [0.15, 0.2) is 18.2 Å². The Kier molecular flexibility index (Phi) is 7.67. The van der Waals surface area contributed by atoms with Gasteiger partial charge in [-0.15, -0.1) is 0 Å². The molecule has 0 bridgehead atoms. The van der Waals surface area contributed by atoms with E-state index in [1.165, 1.54) is 12.8 Å². The number of likely N-dealkylation sites (tertiary alicyclic amines) is 1. The summed E-state index contributed by atoms with van der Waals surface area (Å²) in [4.78, 5) is 31.9. The predicted molar refractivity (Wildman–Crippen MR) is 117 cm³/mol. The van der Waals surface area contributed by atoms with E-state index in [1.807, 2.05) is 39.0 Å². The summed E-state index contributed by atoms with van der Waals surface area (Å²) < 4.78 is 0. The van der Waals surface area contributed by atoms with Crippen molar-refractivity contribution >= 4 is 17.5 Å². The average Bonchev–Trinajstić information content (AvgIpc) is 3.00. The SMILES string of the molecule is Cc1cccc(C)c1NC(=O)CN1CCN(C(C)C(=O)N2CCCCCC2)CC1. The molecule has 1 N–H and O–H groups in total. The van der Waals surface area contributed by atoms with Crippen LogP contribution in [0.5, 0.6) is 0 Å². The van der Waals surface area contributed by atoms with Gasteiger partial charge >= 0.3 is 0 Å². The van der Waals surface area contributed by atoms with Gasteiger partial charge in [0.1, 0.15) is 0 Å². The molecule has 1 atom stereocenters. The van der Waals surface area contributed by atoms with Crippen LogP contribution in [0, 0.1) is 13.8 Å². The molecule has 6 nitrogen and oxygen atoms in total. The van der Waals surface area contributed by atoms with Crippen LogP contribution >= 0.6 is 0 Å². The fourth-order valence-electron chi connectivity index (χ4n) is 4.41. The second kappa shape index (κ2) is 10.2. The summed E-state index contributed by atoms with van der Waals surface area (Å²) in [7, 11) is 0. The number of nitrogens with zero attached hydrogens (tertiary/aromatic N) is 3. The Morgan fingerprint density at radius 3 is 2.10 bits per heavy atom. The van der Waals surface area contributed by atoms with Gasteiger partial charge in [0, 0.05) is 45.0 Å². The molecule has 2 aliphatic rings. The van der Waals surface area contributed by atoms with E-state index in [0.29, 0.717) is 6.54 Å². The number of nitrogens with one attached hydrogen (secondary N) is 1. The Labute approximate surface area is 175 Å². The molecule has 2 amide bonds. The van der Waals surface area contributed by atoms with E-state index in [0.717, 1.165) is 68.9 Å². The van der Waals surface area contributed by atoms with Crippen LogP contribution in [0.4, 0.5) is 5.69 Å². The maximum absolute atomic E-state index is 12.9. The van der Waals surface area contributed by atoms with E-state index in [2.05, 4.69) is 20.0 Å². The summed E-state index contributed by atoms with van der Waals surface area (Å²) in [5, 5.41) is 3.07. The Bertz CT molecular complexity index is 685. The van der Waals surface area contributed by atoms with Crippen molar-refractivity contribution in [3.8, 4) is 0 Å². The summed E-state index contributed by atoms with van der Waals surface area (Å²) in [5.74, 6) is 0.303. The van der Waals surface area contributed by atoms with Crippen molar-refractivity contribution in [3.05, 3.63) is 29.3 Å². The highest BCUT2D eigenvalue weighted by Gasteiger charge is 2.29. The molecule has 0 aromatic heterocycles. The first-order valence-electron chi connectivity index (χ1n) is 11.1. The lowest BCUT2D eigenvalue weighted by molar-refractivity contribution is -0.137. The molecule has 0 radical (unpaired) electrons. The number of amides is 2. The Morgan fingerprint density at radius 1 is 0.931 bits per heavy atom. The lowest BCUT2D eigenvalue weighted by Crippen LogP contribution is -2.55. The van der Waals surface area contributed by atoms with Gasteiger partial charge in [0.2, 0.25) is 11.8 Å². The highest BCUT2D eigenvalue weighted by atomic mass is 16.2. The second-order valence-corrected chi connectivity index (χ2v) is 8.54. The van der Waals surface area contributed by atoms with Crippen molar-refractivity contribution in [2.24, 2.45) is 0 Å². The number of para-hydroxylation sites is 1. The first-order valence-corrected chi connectivity index (χ1v) is 11.1. The number of piperazine rings is 1. The minimum Gasteiger partial charge on any atom is -0.341 e. The number of carbonyl (C=O) groups excluding carboxylic acids is 2. The number of carbonyl (C=O) groups is 2. The first-order chi connectivity index (χ1) is 14.0. The quantitative estimate of drug-likeness (QED) is 0.826. The minimum atomic E-state index is -0.0707. The van der Waals surface area contributed by atoms with Crippen molar-refractivity contribution in [2.45, 2.75) is 52.5 Å². The fraction of sp³-hybridized carbons (Fsp3) is 0.652. The standard InChI is InChI=1S/C23H36N4O2/c1-18-9-8-10-19(2)22(18)24-21(28)17-25-13-15-26(16-14-25)20(3)23(29)27-11-6-4-5-7-12-27/h8-10,20H,4-7,11-17H2,1-3H3,(H,24,28). The number of rotatable bonds is 5. The molecule has 3 rings (SSSR count). The smallest absolute Gasteiger partial charge is 0.239 e. The Hall–Kier alpha value is -1.92. The average molecular weight is 401 g/mol. The van der Waals surface area contributed by atoms with Gasteiger partial charge in [-0.1, -0.05) is 31.0 Å². The maximum Gasteiger partial charge on any atom is 0.239 e. The van der Waals surface area contributed by atoms with E-state index in [1.54, 1.807) is 0 Å². The van der Waals surface area contributed by atoms with Crippen LogP contribution in [-0.4, -0.2) is 78.4 Å². The van der Waals surface area contributed by atoms with Crippen LogP contribution in [-0.2, 0) is 9.59 Å². The Balaban J connectivity index is 1.46. The van der Waals surface area contributed by atoms with E-state index >= 15 is 0 Å². The Morgan fingerprint density at radius 2 is 1.52 bits per heavy atom.